The van der Waals surface area contributed by atoms with Crippen molar-refractivity contribution in [1.82, 2.24) is 50.3 Å². The van der Waals surface area contributed by atoms with Gasteiger partial charge in [0.1, 0.15) is 29.2 Å². The van der Waals surface area contributed by atoms with Crippen LogP contribution in [0.2, 0.25) is 0 Å². The highest BCUT2D eigenvalue weighted by Gasteiger charge is 2.45. The van der Waals surface area contributed by atoms with E-state index >= 15 is 0 Å². The number of aromatic nitrogens is 5. The number of carbonyl (C=O) groups excluding carboxylic acids is 5. The van der Waals surface area contributed by atoms with Crippen molar-refractivity contribution in [2.75, 3.05) is 44.2 Å². The standard InChI is InChI=1S/C55H71N11O6S/c1-35(37-15-17-38(18-16-37)48-36(2)59-34-73-48)60-52(71)43-29-42(67)32-65(43)53(72)49(54(3,4)5)62-46(68)13-9-6-7-10-14-47(69)64-25-23-63(24-26-64)41-20-19-40(56-31-41)28-45-57-30-39-27-44-51(70)58-33-55(21-11-8-12-22-55)66(44)50(39)61-45/h15-20,27,30-31,34-35,42-43,49,67H,6-14,21-26,28-29,32-33H2,1-5H3,(H,58,70)(H,60,71)(H,62,68)/t35-,42+,43-,49+/m0/s1. The topological polar surface area (TPSA) is 208 Å². The molecule has 1 saturated carbocycles. The van der Waals surface area contributed by atoms with E-state index in [1.165, 1.54) is 11.3 Å². The highest BCUT2D eigenvalue weighted by Crippen LogP contribution is 2.40. The molecule has 18 heteroatoms. The molecular formula is C55H71N11O6S. The van der Waals surface area contributed by atoms with Crippen molar-refractivity contribution in [3.05, 3.63) is 88.8 Å². The van der Waals surface area contributed by atoms with Crippen LogP contribution in [-0.2, 0) is 31.1 Å². The van der Waals surface area contributed by atoms with E-state index in [1.54, 1.807) is 11.3 Å². The number of aliphatic hydroxyl groups is 1. The monoisotopic (exact) mass is 1010 g/mol. The molecule has 0 bridgehead atoms. The molecule has 388 valence electrons. The third-order valence-electron chi connectivity index (χ3n) is 15.4. The molecule has 0 unspecified atom stereocenters. The molecule has 5 amide bonds. The van der Waals surface area contributed by atoms with Crippen LogP contribution in [0.3, 0.4) is 0 Å². The van der Waals surface area contributed by atoms with Crippen molar-refractivity contribution >= 4 is 57.6 Å². The molecule has 17 nitrogen and oxygen atoms in total. The second kappa shape index (κ2) is 22.1. The summed E-state index contributed by atoms with van der Waals surface area (Å²) in [7, 11) is 0. The van der Waals surface area contributed by atoms with Gasteiger partial charge in [-0.1, -0.05) is 77.1 Å². The molecule has 1 aromatic carbocycles. The fourth-order valence-electron chi connectivity index (χ4n) is 11.2. The van der Waals surface area contributed by atoms with Gasteiger partial charge in [0.05, 0.1) is 52.1 Å². The molecule has 73 heavy (non-hydrogen) atoms. The number of nitrogens with one attached hydrogen (secondary N) is 3. The van der Waals surface area contributed by atoms with Gasteiger partial charge in [0.15, 0.2) is 0 Å². The van der Waals surface area contributed by atoms with Crippen LogP contribution in [0.1, 0.15) is 144 Å². The van der Waals surface area contributed by atoms with Crippen LogP contribution in [0.15, 0.2) is 60.4 Å². The zero-order valence-corrected chi connectivity index (χ0v) is 43.8. The van der Waals surface area contributed by atoms with Crippen LogP contribution in [0.5, 0.6) is 0 Å². The Labute approximate surface area is 432 Å². The lowest BCUT2D eigenvalue weighted by atomic mass is 9.80. The Balaban J connectivity index is 0.685. The number of unbranched alkanes of at least 4 members (excludes halogenated alkanes) is 3. The smallest absolute Gasteiger partial charge is 0.268 e. The van der Waals surface area contributed by atoms with E-state index < -0.39 is 23.6 Å². The number of rotatable bonds is 16. The molecule has 2 saturated heterocycles. The number of nitrogens with zero attached hydrogens (tertiary/aromatic N) is 8. The second-order valence-corrected chi connectivity index (χ2v) is 22.6. The van der Waals surface area contributed by atoms with Gasteiger partial charge < -0.3 is 40.3 Å². The SMILES string of the molecule is Cc1ncsc1-c1ccc([C@H](C)NC(=O)[C@@H]2C[C@@H](O)CN2C(=O)[C@@H](NC(=O)CCCCCCC(=O)N2CCN(c3ccc(Cc4ncc5cc6n(c5n4)C4(CCCCC4)CNC6=O)nc3)CC2)C(C)(C)C)cc1. The molecule has 1 spiro atoms. The predicted molar refractivity (Wildman–Crippen MR) is 281 cm³/mol. The first-order valence-corrected chi connectivity index (χ1v) is 27.2. The number of piperazine rings is 1. The molecule has 9 rings (SSSR count). The molecule has 4 aliphatic rings. The number of anilines is 1. The molecule has 7 heterocycles. The minimum atomic E-state index is -0.894. The van der Waals surface area contributed by atoms with Gasteiger partial charge in [0, 0.05) is 75.8 Å². The van der Waals surface area contributed by atoms with Crippen molar-refractivity contribution in [2.45, 2.75) is 148 Å². The zero-order chi connectivity index (χ0) is 51.4. The summed E-state index contributed by atoms with van der Waals surface area (Å²) < 4.78 is 2.20. The van der Waals surface area contributed by atoms with Crippen LogP contribution < -0.4 is 20.9 Å². The maximum atomic E-state index is 14.1. The lowest BCUT2D eigenvalue weighted by Crippen LogP contribution is -2.57. The minimum Gasteiger partial charge on any atom is -0.391 e. The van der Waals surface area contributed by atoms with E-state index in [0.29, 0.717) is 63.5 Å². The zero-order valence-electron chi connectivity index (χ0n) is 43.0. The summed E-state index contributed by atoms with van der Waals surface area (Å²) in [6.07, 6.45) is 12.6. The first kappa shape index (κ1) is 51.6. The number of benzene rings is 1. The molecule has 4 N–H and O–H groups in total. The van der Waals surface area contributed by atoms with Gasteiger partial charge in [0.2, 0.25) is 23.6 Å². The Bertz CT molecular complexity index is 2790. The van der Waals surface area contributed by atoms with Crippen LogP contribution in [-0.4, -0.2) is 126 Å². The lowest BCUT2D eigenvalue weighted by Gasteiger charge is -2.42. The van der Waals surface area contributed by atoms with Crippen molar-refractivity contribution < 1.29 is 29.1 Å². The number of aliphatic hydroxyl groups excluding tert-OH is 1. The van der Waals surface area contributed by atoms with Crippen molar-refractivity contribution in [2.24, 2.45) is 5.41 Å². The summed E-state index contributed by atoms with van der Waals surface area (Å²) in [5.74, 6) is -0.225. The Morgan fingerprint density at radius 2 is 1.64 bits per heavy atom. The number of aryl methyl sites for hydroxylation is 1. The maximum absolute atomic E-state index is 14.1. The summed E-state index contributed by atoms with van der Waals surface area (Å²) in [4.78, 5) is 92.7. The highest BCUT2D eigenvalue weighted by atomic mass is 32.1. The number of likely N-dealkylation sites (tertiary alicyclic amines) is 1. The van der Waals surface area contributed by atoms with E-state index in [-0.39, 0.29) is 60.5 Å². The van der Waals surface area contributed by atoms with Crippen LogP contribution in [0.4, 0.5) is 5.69 Å². The van der Waals surface area contributed by atoms with E-state index in [2.05, 4.69) is 41.5 Å². The van der Waals surface area contributed by atoms with E-state index in [0.717, 1.165) is 89.1 Å². The van der Waals surface area contributed by atoms with Gasteiger partial charge in [-0.05, 0) is 74.3 Å². The highest BCUT2D eigenvalue weighted by molar-refractivity contribution is 7.13. The van der Waals surface area contributed by atoms with E-state index in [1.807, 2.05) is 93.8 Å². The first-order valence-electron chi connectivity index (χ1n) is 26.3. The molecule has 3 aliphatic heterocycles. The Morgan fingerprint density at radius 1 is 0.904 bits per heavy atom. The summed E-state index contributed by atoms with van der Waals surface area (Å²) in [5.41, 5.74) is 7.34. The van der Waals surface area contributed by atoms with Gasteiger partial charge >= 0.3 is 0 Å². The normalized spacial score (nSPS) is 19.6. The van der Waals surface area contributed by atoms with E-state index in [4.69, 9.17) is 9.97 Å². The molecule has 3 fully saturated rings. The number of fused-ring (bicyclic) bond motifs is 4. The average Bonchev–Trinajstić information content (AvgIpc) is 4.12. The number of hydrogen-bond donors (Lipinski definition) is 4. The number of carbonyl (C=O) groups is 5. The largest absolute Gasteiger partial charge is 0.391 e. The number of β-amino-alcohol motifs (C(OH)–C–C–N with tert-alkyl or cyclic N) is 1. The molecule has 4 aromatic heterocycles. The summed E-state index contributed by atoms with van der Waals surface area (Å²) in [5, 5.41) is 20.7. The fourth-order valence-corrected chi connectivity index (χ4v) is 12.0. The second-order valence-electron chi connectivity index (χ2n) is 21.7. The molecule has 5 aromatic rings. The molecule has 4 atom stereocenters. The van der Waals surface area contributed by atoms with Gasteiger partial charge in [-0.25, -0.2) is 15.0 Å². The third kappa shape index (κ3) is 11.6. The Morgan fingerprint density at radius 3 is 2.33 bits per heavy atom. The first-order chi connectivity index (χ1) is 35.1. The fraction of sp³-hybridized carbons (Fsp3) is 0.545. The molecule has 1 aliphatic carbocycles. The summed E-state index contributed by atoms with van der Waals surface area (Å²) in [6, 6.07) is 11.9. The van der Waals surface area contributed by atoms with Crippen molar-refractivity contribution in [3.8, 4) is 10.4 Å². The average molecular weight is 1010 g/mol. The number of thiazole rings is 1. The maximum Gasteiger partial charge on any atom is 0.268 e. The number of amides is 5. The molecule has 0 radical (unpaired) electrons. The van der Waals surface area contributed by atoms with Gasteiger partial charge in [-0.3, -0.25) is 29.0 Å². The number of hydrogen-bond acceptors (Lipinski definition) is 12. The predicted octanol–water partition coefficient (Wildman–Crippen LogP) is 6.61. The Kier molecular flexibility index (Phi) is 15.6. The molecular weight excluding hydrogens is 943 g/mol. The van der Waals surface area contributed by atoms with Gasteiger partial charge in [-0.2, -0.15) is 0 Å². The van der Waals surface area contributed by atoms with Crippen LogP contribution in [0.25, 0.3) is 21.5 Å². The van der Waals surface area contributed by atoms with Crippen LogP contribution >= 0.6 is 11.3 Å². The summed E-state index contributed by atoms with van der Waals surface area (Å²) in [6.45, 7) is 12.8. The van der Waals surface area contributed by atoms with Gasteiger partial charge in [0.25, 0.3) is 5.91 Å². The van der Waals surface area contributed by atoms with Crippen molar-refractivity contribution in [3.63, 3.8) is 0 Å². The quantitative estimate of drug-likeness (QED) is 0.0774. The van der Waals surface area contributed by atoms with Crippen LogP contribution in [0, 0.1) is 12.3 Å². The Hall–Kier alpha value is -6.27. The van der Waals surface area contributed by atoms with Crippen molar-refractivity contribution in [1.29, 1.82) is 0 Å². The summed E-state index contributed by atoms with van der Waals surface area (Å²) >= 11 is 1.58. The number of pyridine rings is 1. The lowest BCUT2D eigenvalue weighted by molar-refractivity contribution is -0.144. The minimum absolute atomic E-state index is 0.00804. The third-order valence-corrected chi connectivity index (χ3v) is 16.4. The van der Waals surface area contributed by atoms with Gasteiger partial charge in [-0.15, -0.1) is 11.3 Å². The van der Waals surface area contributed by atoms with E-state index in [9.17, 15) is 29.1 Å².